The molecule has 0 saturated carbocycles. The monoisotopic (exact) mass is 433 g/mol. The van der Waals surface area contributed by atoms with Gasteiger partial charge in [0.1, 0.15) is 16.5 Å². The number of nitrogen functional groups attached to an aromatic ring is 1. The van der Waals surface area contributed by atoms with Crippen LogP contribution in [0.15, 0.2) is 30.3 Å². The van der Waals surface area contributed by atoms with Crippen molar-refractivity contribution in [3.8, 4) is 0 Å². The van der Waals surface area contributed by atoms with Gasteiger partial charge in [0.25, 0.3) is 0 Å². The van der Waals surface area contributed by atoms with Crippen LogP contribution in [0.4, 0.5) is 24.7 Å². The van der Waals surface area contributed by atoms with Gasteiger partial charge in [0.05, 0.1) is 17.0 Å². The van der Waals surface area contributed by atoms with E-state index in [-0.39, 0.29) is 5.69 Å². The zero-order valence-electron chi connectivity index (χ0n) is 16.6. The van der Waals surface area contributed by atoms with Crippen molar-refractivity contribution in [2.75, 3.05) is 24.1 Å². The van der Waals surface area contributed by atoms with Crippen LogP contribution in [-0.4, -0.2) is 23.1 Å². The van der Waals surface area contributed by atoms with Crippen molar-refractivity contribution >= 4 is 38.6 Å². The maximum absolute atomic E-state index is 13.2. The summed E-state index contributed by atoms with van der Waals surface area (Å²) in [5, 5.41) is 7.43. The van der Waals surface area contributed by atoms with Crippen molar-refractivity contribution in [1.29, 1.82) is 0 Å². The molecule has 0 spiro atoms. The Kier molecular flexibility index (Phi) is 5.42. The SMILES string of the molecule is Cc1nc(N[C@H](C)c2cc(N)cc(C(F)(F)F)c2)c2cc(C3=CCNCC3)sc2n1. The van der Waals surface area contributed by atoms with Crippen molar-refractivity contribution in [1.82, 2.24) is 15.3 Å². The van der Waals surface area contributed by atoms with E-state index in [9.17, 15) is 13.2 Å². The topological polar surface area (TPSA) is 75.9 Å². The van der Waals surface area contributed by atoms with Crippen LogP contribution >= 0.6 is 11.3 Å². The molecule has 1 aliphatic rings. The number of thiophene rings is 1. The number of fused-ring (bicyclic) bond motifs is 1. The normalized spacial score (nSPS) is 15.8. The molecule has 2 aromatic heterocycles. The fourth-order valence-electron chi connectivity index (χ4n) is 3.52. The van der Waals surface area contributed by atoms with Gasteiger partial charge in [-0.15, -0.1) is 11.3 Å². The smallest absolute Gasteiger partial charge is 0.399 e. The lowest BCUT2D eigenvalue weighted by Crippen LogP contribution is -2.19. The molecule has 3 aromatic rings. The summed E-state index contributed by atoms with van der Waals surface area (Å²) in [4.78, 5) is 11.1. The van der Waals surface area contributed by atoms with E-state index < -0.39 is 17.8 Å². The third-order valence-corrected chi connectivity index (χ3v) is 6.15. The van der Waals surface area contributed by atoms with Gasteiger partial charge < -0.3 is 16.4 Å². The zero-order chi connectivity index (χ0) is 21.5. The summed E-state index contributed by atoms with van der Waals surface area (Å²) in [6.45, 7) is 5.37. The van der Waals surface area contributed by atoms with E-state index >= 15 is 0 Å². The number of aryl methyl sites for hydroxylation is 1. The first-order valence-corrected chi connectivity index (χ1v) is 10.4. The lowest BCUT2D eigenvalue weighted by molar-refractivity contribution is -0.137. The standard InChI is InChI=1S/C21H22F3N5S/c1-11(14-7-15(21(22,23)24)9-16(25)8-14)27-19-17-10-18(13-3-5-26-6-4-13)30-20(17)29-12(2)28-19/h3,7-11,26H,4-6,25H2,1-2H3,(H,27,28,29)/t11-/m1/s1. The van der Waals surface area contributed by atoms with E-state index in [1.54, 1.807) is 31.3 Å². The molecule has 5 nitrogen and oxygen atoms in total. The molecule has 0 fully saturated rings. The van der Waals surface area contributed by atoms with Gasteiger partial charge in [0, 0.05) is 17.1 Å². The molecule has 1 aliphatic heterocycles. The van der Waals surface area contributed by atoms with Crippen molar-refractivity contribution in [2.45, 2.75) is 32.5 Å². The number of benzene rings is 1. The molecule has 30 heavy (non-hydrogen) atoms. The highest BCUT2D eigenvalue weighted by atomic mass is 32.1. The molecule has 0 aliphatic carbocycles. The van der Waals surface area contributed by atoms with Gasteiger partial charge in [-0.1, -0.05) is 6.08 Å². The highest BCUT2D eigenvalue weighted by Crippen LogP contribution is 2.37. The van der Waals surface area contributed by atoms with Crippen LogP contribution in [0.25, 0.3) is 15.8 Å². The molecule has 9 heteroatoms. The number of halogens is 3. The molecule has 4 rings (SSSR count). The van der Waals surface area contributed by atoms with E-state index in [4.69, 9.17) is 5.73 Å². The Morgan fingerprint density at radius 2 is 2.00 bits per heavy atom. The van der Waals surface area contributed by atoms with Crippen LogP contribution in [0.2, 0.25) is 0 Å². The fraction of sp³-hybridized carbons (Fsp3) is 0.333. The Labute approximate surface area is 176 Å². The average molecular weight is 434 g/mol. The molecule has 4 N–H and O–H groups in total. The summed E-state index contributed by atoms with van der Waals surface area (Å²) in [5.74, 6) is 1.21. The van der Waals surface area contributed by atoms with E-state index in [1.807, 2.05) is 0 Å². The van der Waals surface area contributed by atoms with Crippen molar-refractivity contribution in [3.63, 3.8) is 0 Å². The molecule has 3 heterocycles. The van der Waals surface area contributed by atoms with Gasteiger partial charge in [-0.05, 0) is 62.2 Å². The molecule has 0 radical (unpaired) electrons. The Morgan fingerprint density at radius 1 is 1.20 bits per heavy atom. The third-order valence-electron chi connectivity index (χ3n) is 5.04. The number of hydrogen-bond acceptors (Lipinski definition) is 6. The number of aromatic nitrogens is 2. The van der Waals surface area contributed by atoms with E-state index in [1.165, 1.54) is 5.57 Å². The van der Waals surface area contributed by atoms with Crippen molar-refractivity contribution in [2.24, 2.45) is 0 Å². The van der Waals surface area contributed by atoms with Crippen LogP contribution in [-0.2, 0) is 6.18 Å². The number of hydrogen-bond donors (Lipinski definition) is 3. The summed E-state index contributed by atoms with van der Waals surface area (Å²) in [6, 6.07) is 5.26. The van der Waals surface area contributed by atoms with Gasteiger partial charge in [-0.25, -0.2) is 9.97 Å². The predicted molar refractivity (Wildman–Crippen MR) is 116 cm³/mol. The van der Waals surface area contributed by atoms with Crippen LogP contribution in [0.1, 0.15) is 41.2 Å². The second-order valence-electron chi connectivity index (χ2n) is 7.38. The highest BCUT2D eigenvalue weighted by molar-refractivity contribution is 7.19. The predicted octanol–water partition coefficient (Wildman–Crippen LogP) is 5.15. The van der Waals surface area contributed by atoms with Gasteiger partial charge in [-0.2, -0.15) is 13.2 Å². The summed E-state index contributed by atoms with van der Waals surface area (Å²) in [6.07, 6.45) is -1.33. The van der Waals surface area contributed by atoms with E-state index in [2.05, 4.69) is 32.7 Å². The quantitative estimate of drug-likeness (QED) is 0.496. The Bertz CT molecular complexity index is 1120. The molecule has 158 valence electrons. The molecular weight excluding hydrogens is 411 g/mol. The fourth-order valence-corrected chi connectivity index (χ4v) is 4.67. The lowest BCUT2D eigenvalue weighted by atomic mass is 10.0. The maximum atomic E-state index is 13.2. The van der Waals surface area contributed by atoms with Gasteiger partial charge in [-0.3, -0.25) is 0 Å². The minimum Gasteiger partial charge on any atom is -0.399 e. The first-order chi connectivity index (χ1) is 14.2. The van der Waals surface area contributed by atoms with Crippen LogP contribution < -0.4 is 16.4 Å². The summed E-state index contributed by atoms with van der Waals surface area (Å²) < 4.78 is 39.5. The zero-order valence-corrected chi connectivity index (χ0v) is 17.4. The summed E-state index contributed by atoms with van der Waals surface area (Å²) in [5.41, 5.74) is 6.77. The molecular formula is C21H22F3N5S. The first kappa shape index (κ1) is 20.6. The Balaban J connectivity index is 1.69. The second kappa shape index (κ2) is 7.88. The van der Waals surface area contributed by atoms with E-state index in [0.29, 0.717) is 17.2 Å². The van der Waals surface area contributed by atoms with Crippen molar-refractivity contribution in [3.05, 3.63) is 52.2 Å². The molecule has 0 bridgehead atoms. The molecule has 1 atom stereocenters. The number of alkyl halides is 3. The number of nitrogens with two attached hydrogens (primary N) is 1. The summed E-state index contributed by atoms with van der Waals surface area (Å²) >= 11 is 1.61. The molecule has 0 amide bonds. The van der Waals surface area contributed by atoms with Gasteiger partial charge >= 0.3 is 6.18 Å². The molecule has 0 saturated heterocycles. The molecule has 0 unspecified atom stereocenters. The maximum Gasteiger partial charge on any atom is 0.416 e. The Morgan fingerprint density at radius 3 is 2.70 bits per heavy atom. The van der Waals surface area contributed by atoms with E-state index in [0.717, 1.165) is 46.7 Å². The van der Waals surface area contributed by atoms with Crippen molar-refractivity contribution < 1.29 is 13.2 Å². The van der Waals surface area contributed by atoms with Gasteiger partial charge in [0.2, 0.25) is 0 Å². The van der Waals surface area contributed by atoms with Crippen LogP contribution in [0.3, 0.4) is 0 Å². The third kappa shape index (κ3) is 4.27. The first-order valence-electron chi connectivity index (χ1n) is 9.63. The average Bonchev–Trinajstić information content (AvgIpc) is 3.11. The Hall–Kier alpha value is -2.65. The number of nitrogens with one attached hydrogen (secondary N) is 2. The van der Waals surface area contributed by atoms with Crippen LogP contribution in [0, 0.1) is 6.92 Å². The largest absolute Gasteiger partial charge is 0.416 e. The molecule has 1 aromatic carbocycles. The highest BCUT2D eigenvalue weighted by Gasteiger charge is 2.31. The van der Waals surface area contributed by atoms with Gasteiger partial charge in [0.15, 0.2) is 0 Å². The van der Waals surface area contributed by atoms with Crippen LogP contribution in [0.5, 0.6) is 0 Å². The number of nitrogens with zero attached hydrogens (tertiary/aromatic N) is 2. The number of anilines is 2. The minimum atomic E-state index is -4.45. The lowest BCUT2D eigenvalue weighted by Gasteiger charge is -2.18. The second-order valence-corrected chi connectivity index (χ2v) is 8.42. The number of rotatable bonds is 4. The minimum absolute atomic E-state index is 0.0770. The summed E-state index contributed by atoms with van der Waals surface area (Å²) in [7, 11) is 0.